The van der Waals surface area contributed by atoms with Gasteiger partial charge in [-0.25, -0.2) is 10.8 Å². The van der Waals surface area contributed by atoms with Gasteiger partial charge in [-0.3, -0.25) is 5.43 Å². The van der Waals surface area contributed by atoms with Gasteiger partial charge in [0.1, 0.15) is 5.82 Å². The molecule has 5 nitrogen and oxygen atoms in total. The number of rotatable bonds is 4. The quantitative estimate of drug-likeness (QED) is 0.549. The number of nitrogen functional groups attached to an aromatic ring is 1. The average Bonchev–Trinajstić information content (AvgIpc) is 2.38. The van der Waals surface area contributed by atoms with E-state index in [0.29, 0.717) is 5.95 Å². The second-order valence-corrected chi connectivity index (χ2v) is 3.69. The number of aryl methyl sites for hydroxylation is 1. The molecule has 5 heteroatoms. The second kappa shape index (κ2) is 5.27. The van der Waals surface area contributed by atoms with Gasteiger partial charge in [-0.1, -0.05) is 24.3 Å². The number of anilines is 2. The van der Waals surface area contributed by atoms with E-state index >= 15 is 0 Å². The third-order valence-corrected chi connectivity index (χ3v) is 2.51. The minimum Gasteiger partial charge on any atom is -0.366 e. The van der Waals surface area contributed by atoms with E-state index in [1.807, 2.05) is 12.1 Å². The fraction of sp³-hybridized carbons (Fsp3) is 0.167. The molecule has 1 heterocycles. The van der Waals surface area contributed by atoms with Crippen molar-refractivity contribution < 1.29 is 0 Å². The van der Waals surface area contributed by atoms with Crippen LogP contribution in [-0.4, -0.2) is 9.97 Å². The summed E-state index contributed by atoms with van der Waals surface area (Å²) in [5.74, 6) is 6.40. The summed E-state index contributed by atoms with van der Waals surface area (Å²) in [7, 11) is 0. The van der Waals surface area contributed by atoms with Crippen molar-refractivity contribution in [2.45, 2.75) is 13.5 Å². The van der Waals surface area contributed by atoms with Crippen molar-refractivity contribution in [3.63, 3.8) is 0 Å². The fourth-order valence-corrected chi connectivity index (χ4v) is 1.52. The summed E-state index contributed by atoms with van der Waals surface area (Å²) in [4.78, 5) is 8.12. The van der Waals surface area contributed by atoms with Crippen LogP contribution in [0.3, 0.4) is 0 Å². The van der Waals surface area contributed by atoms with Crippen LogP contribution in [0, 0.1) is 6.92 Å². The largest absolute Gasteiger partial charge is 0.366 e. The first kappa shape index (κ1) is 11.3. The molecule has 1 aromatic carbocycles. The lowest BCUT2D eigenvalue weighted by Crippen LogP contribution is -2.11. The van der Waals surface area contributed by atoms with Crippen LogP contribution in [0.15, 0.2) is 36.5 Å². The number of nitrogens with zero attached hydrogens (tertiary/aromatic N) is 2. The number of nitrogens with one attached hydrogen (secondary N) is 2. The number of hydrogen-bond donors (Lipinski definition) is 3. The number of benzene rings is 1. The van der Waals surface area contributed by atoms with Gasteiger partial charge in [0.15, 0.2) is 0 Å². The predicted octanol–water partition coefficient (Wildman–Crippen LogP) is 1.68. The normalized spacial score (nSPS) is 10.0. The van der Waals surface area contributed by atoms with E-state index in [0.717, 1.165) is 12.4 Å². The van der Waals surface area contributed by atoms with Crippen LogP contribution in [0.2, 0.25) is 0 Å². The first-order valence-electron chi connectivity index (χ1n) is 5.37. The molecule has 88 valence electrons. The third-order valence-electron chi connectivity index (χ3n) is 2.51. The summed E-state index contributed by atoms with van der Waals surface area (Å²) < 4.78 is 0. The summed E-state index contributed by atoms with van der Waals surface area (Å²) in [6, 6.07) is 10.0. The number of hydrazine groups is 1. The molecule has 0 aliphatic heterocycles. The standard InChI is InChI=1S/C12H15N5/c1-9-4-2-3-5-10(9)8-15-11-6-7-14-12(16-11)17-13/h2-7H,8,13H2,1H3,(H2,14,15,16,17). The summed E-state index contributed by atoms with van der Waals surface area (Å²) in [6.45, 7) is 2.82. The van der Waals surface area contributed by atoms with E-state index in [4.69, 9.17) is 5.84 Å². The highest BCUT2D eigenvalue weighted by Gasteiger charge is 1.99. The summed E-state index contributed by atoms with van der Waals surface area (Å²) in [5, 5.41) is 3.23. The topological polar surface area (TPSA) is 75.9 Å². The fourth-order valence-electron chi connectivity index (χ4n) is 1.52. The Morgan fingerprint density at radius 1 is 1.24 bits per heavy atom. The maximum Gasteiger partial charge on any atom is 0.239 e. The molecular weight excluding hydrogens is 214 g/mol. The van der Waals surface area contributed by atoms with Crippen molar-refractivity contribution in [2.75, 3.05) is 10.7 Å². The Balaban J connectivity index is 2.05. The van der Waals surface area contributed by atoms with Gasteiger partial charge < -0.3 is 5.32 Å². The monoisotopic (exact) mass is 229 g/mol. The van der Waals surface area contributed by atoms with Crippen LogP contribution in [0.25, 0.3) is 0 Å². The van der Waals surface area contributed by atoms with Gasteiger partial charge in [-0.05, 0) is 24.1 Å². The molecule has 0 bridgehead atoms. The van der Waals surface area contributed by atoms with E-state index in [-0.39, 0.29) is 0 Å². The van der Waals surface area contributed by atoms with E-state index in [1.54, 1.807) is 12.3 Å². The first-order valence-corrected chi connectivity index (χ1v) is 5.37. The zero-order valence-corrected chi connectivity index (χ0v) is 9.64. The zero-order valence-electron chi connectivity index (χ0n) is 9.64. The number of hydrogen-bond acceptors (Lipinski definition) is 5. The van der Waals surface area contributed by atoms with Crippen molar-refractivity contribution in [1.29, 1.82) is 0 Å². The Labute approximate surface area is 100 Å². The van der Waals surface area contributed by atoms with Crippen molar-refractivity contribution in [2.24, 2.45) is 5.84 Å². The molecular formula is C12H15N5. The molecule has 0 radical (unpaired) electrons. The summed E-state index contributed by atoms with van der Waals surface area (Å²) >= 11 is 0. The Bertz CT molecular complexity index is 498. The van der Waals surface area contributed by atoms with Crippen molar-refractivity contribution in [1.82, 2.24) is 9.97 Å². The van der Waals surface area contributed by atoms with Crippen LogP contribution in [0.1, 0.15) is 11.1 Å². The maximum absolute atomic E-state index is 5.25. The smallest absolute Gasteiger partial charge is 0.239 e. The minimum absolute atomic E-state index is 0.403. The maximum atomic E-state index is 5.25. The van der Waals surface area contributed by atoms with Crippen LogP contribution in [0.5, 0.6) is 0 Å². The van der Waals surface area contributed by atoms with Gasteiger partial charge in [0.05, 0.1) is 0 Å². The number of nitrogens with two attached hydrogens (primary N) is 1. The lowest BCUT2D eigenvalue weighted by atomic mass is 10.1. The molecule has 2 rings (SSSR count). The first-order chi connectivity index (χ1) is 8.29. The molecule has 0 aliphatic carbocycles. The molecule has 0 fully saturated rings. The van der Waals surface area contributed by atoms with Gasteiger partial charge in [0.2, 0.25) is 5.95 Å². The highest BCUT2D eigenvalue weighted by molar-refractivity contribution is 5.40. The highest BCUT2D eigenvalue weighted by atomic mass is 15.3. The Hall–Kier alpha value is -2.14. The lowest BCUT2D eigenvalue weighted by molar-refractivity contribution is 1.06. The van der Waals surface area contributed by atoms with Crippen LogP contribution >= 0.6 is 0 Å². The molecule has 4 N–H and O–H groups in total. The van der Waals surface area contributed by atoms with Crippen molar-refractivity contribution >= 4 is 11.8 Å². The van der Waals surface area contributed by atoms with E-state index < -0.39 is 0 Å². The van der Waals surface area contributed by atoms with E-state index in [9.17, 15) is 0 Å². The van der Waals surface area contributed by atoms with E-state index in [2.05, 4.69) is 39.8 Å². The summed E-state index contributed by atoms with van der Waals surface area (Å²) in [6.07, 6.45) is 1.66. The molecule has 0 amide bonds. The third kappa shape index (κ3) is 2.92. The van der Waals surface area contributed by atoms with Crippen molar-refractivity contribution in [3.8, 4) is 0 Å². The molecule has 0 spiro atoms. The highest BCUT2D eigenvalue weighted by Crippen LogP contribution is 2.10. The second-order valence-electron chi connectivity index (χ2n) is 3.69. The molecule has 0 saturated carbocycles. The van der Waals surface area contributed by atoms with Crippen LogP contribution in [0.4, 0.5) is 11.8 Å². The minimum atomic E-state index is 0.403. The Morgan fingerprint density at radius 2 is 2.06 bits per heavy atom. The lowest BCUT2D eigenvalue weighted by Gasteiger charge is -2.08. The zero-order chi connectivity index (χ0) is 12.1. The van der Waals surface area contributed by atoms with Gasteiger partial charge in [-0.2, -0.15) is 4.98 Å². The molecule has 0 aliphatic rings. The molecule has 0 saturated heterocycles. The predicted molar refractivity (Wildman–Crippen MR) is 68.3 cm³/mol. The van der Waals surface area contributed by atoms with Crippen molar-refractivity contribution in [3.05, 3.63) is 47.7 Å². The van der Waals surface area contributed by atoms with Gasteiger partial charge in [0, 0.05) is 12.7 Å². The molecule has 1 aromatic heterocycles. The van der Waals surface area contributed by atoms with Gasteiger partial charge in [-0.15, -0.1) is 0 Å². The van der Waals surface area contributed by atoms with Gasteiger partial charge in [0.25, 0.3) is 0 Å². The van der Waals surface area contributed by atoms with Crippen LogP contribution in [-0.2, 0) is 6.54 Å². The number of aromatic nitrogens is 2. The SMILES string of the molecule is Cc1ccccc1CNc1ccnc(NN)n1. The van der Waals surface area contributed by atoms with Crippen LogP contribution < -0.4 is 16.6 Å². The van der Waals surface area contributed by atoms with E-state index in [1.165, 1.54) is 11.1 Å². The Morgan fingerprint density at radius 3 is 2.82 bits per heavy atom. The summed E-state index contributed by atoms with van der Waals surface area (Å²) in [5.41, 5.74) is 4.91. The average molecular weight is 229 g/mol. The molecule has 0 atom stereocenters. The van der Waals surface area contributed by atoms with Gasteiger partial charge >= 0.3 is 0 Å². The molecule has 0 unspecified atom stereocenters. The Kier molecular flexibility index (Phi) is 3.52. The molecule has 2 aromatic rings. The molecule has 17 heavy (non-hydrogen) atoms.